The quantitative estimate of drug-likeness (QED) is 0.398. The minimum atomic E-state index is -0.468. The van der Waals surface area contributed by atoms with E-state index in [-0.39, 0.29) is 11.6 Å². The third-order valence-electron chi connectivity index (χ3n) is 3.81. The first-order chi connectivity index (χ1) is 11.0. The van der Waals surface area contributed by atoms with Crippen molar-refractivity contribution in [3.8, 4) is 0 Å². The van der Waals surface area contributed by atoms with Crippen LogP contribution in [0.3, 0.4) is 0 Å². The molecule has 1 aliphatic heterocycles. The molecule has 0 saturated carbocycles. The number of nitrogens with zero attached hydrogens (tertiary/aromatic N) is 2. The van der Waals surface area contributed by atoms with E-state index in [0.717, 1.165) is 25.9 Å². The molecule has 6 nitrogen and oxygen atoms in total. The van der Waals surface area contributed by atoms with Crippen molar-refractivity contribution in [1.82, 2.24) is 10.2 Å². The lowest BCUT2D eigenvalue weighted by Crippen LogP contribution is -2.45. The van der Waals surface area contributed by atoms with Crippen molar-refractivity contribution in [2.24, 2.45) is 5.92 Å². The molecule has 0 bridgehead atoms. The van der Waals surface area contributed by atoms with E-state index in [9.17, 15) is 14.9 Å². The van der Waals surface area contributed by atoms with Crippen LogP contribution in [0, 0.1) is 16.0 Å². The molecule has 0 aromatic heterocycles. The molecule has 1 aromatic carbocycles. The summed E-state index contributed by atoms with van der Waals surface area (Å²) in [6.07, 6.45) is 5.00. The summed E-state index contributed by atoms with van der Waals surface area (Å²) in [6.45, 7) is 3.92. The molecule has 0 aliphatic carbocycles. The summed E-state index contributed by atoms with van der Waals surface area (Å²) in [5.74, 6) is 0.360. The Balaban J connectivity index is 1.90. The first-order valence-corrected chi connectivity index (χ1v) is 7.89. The van der Waals surface area contributed by atoms with Crippen molar-refractivity contribution in [3.05, 3.63) is 46.0 Å². The van der Waals surface area contributed by atoms with Gasteiger partial charge in [0.2, 0.25) is 5.91 Å². The lowest BCUT2D eigenvalue weighted by Gasteiger charge is -2.31. The van der Waals surface area contributed by atoms with E-state index >= 15 is 0 Å². The molecule has 2 rings (SSSR count). The predicted octanol–water partition coefficient (Wildman–Crippen LogP) is 2.74. The van der Waals surface area contributed by atoms with Gasteiger partial charge in [-0.3, -0.25) is 20.2 Å². The number of hydrogen-bond donors (Lipinski definition) is 1. The Bertz CT molecular complexity index is 637. The SMILES string of the molecule is CC1CCN(C(=S)NC(=O)/C=C/c2cccc([N+](=O)[O-])c2)CC1. The number of benzene rings is 1. The normalized spacial score (nSPS) is 15.6. The van der Waals surface area contributed by atoms with Gasteiger partial charge in [0, 0.05) is 31.3 Å². The summed E-state index contributed by atoms with van der Waals surface area (Å²) < 4.78 is 0. The third kappa shape index (κ3) is 5.14. The van der Waals surface area contributed by atoms with Crippen molar-refractivity contribution < 1.29 is 9.72 Å². The van der Waals surface area contributed by atoms with Crippen molar-refractivity contribution >= 4 is 35.0 Å². The van der Waals surface area contributed by atoms with Gasteiger partial charge in [-0.1, -0.05) is 19.1 Å². The number of carbonyl (C=O) groups excluding carboxylic acids is 1. The molecular weight excluding hydrogens is 314 g/mol. The van der Waals surface area contributed by atoms with Gasteiger partial charge in [0.25, 0.3) is 5.69 Å². The highest BCUT2D eigenvalue weighted by Gasteiger charge is 2.18. The fourth-order valence-electron chi connectivity index (χ4n) is 2.35. The Hall–Kier alpha value is -2.28. The van der Waals surface area contributed by atoms with Crippen LogP contribution in [0.2, 0.25) is 0 Å². The molecule has 1 aliphatic rings. The molecule has 23 heavy (non-hydrogen) atoms. The van der Waals surface area contributed by atoms with E-state index < -0.39 is 4.92 Å². The number of nitro groups is 1. The van der Waals surface area contributed by atoms with Gasteiger partial charge >= 0.3 is 0 Å². The number of amides is 1. The highest BCUT2D eigenvalue weighted by molar-refractivity contribution is 7.80. The number of hydrogen-bond acceptors (Lipinski definition) is 4. The molecule has 0 radical (unpaired) electrons. The fourth-order valence-corrected chi connectivity index (χ4v) is 2.63. The lowest BCUT2D eigenvalue weighted by atomic mass is 10.00. The van der Waals surface area contributed by atoms with Crippen molar-refractivity contribution in [2.45, 2.75) is 19.8 Å². The highest BCUT2D eigenvalue weighted by atomic mass is 32.1. The monoisotopic (exact) mass is 333 g/mol. The number of nitro benzene ring substituents is 1. The largest absolute Gasteiger partial charge is 0.349 e. The number of piperidine rings is 1. The highest BCUT2D eigenvalue weighted by Crippen LogP contribution is 2.16. The number of rotatable bonds is 3. The smallest absolute Gasteiger partial charge is 0.270 e. The molecular formula is C16H19N3O3S. The number of non-ortho nitro benzene ring substituents is 1. The number of likely N-dealkylation sites (tertiary alicyclic amines) is 1. The van der Waals surface area contributed by atoms with Crippen LogP contribution >= 0.6 is 12.2 Å². The summed E-state index contributed by atoms with van der Waals surface area (Å²) >= 11 is 5.25. The average Bonchev–Trinajstić information content (AvgIpc) is 2.53. The minimum absolute atomic E-state index is 0.00878. The Kier molecular flexibility index (Phi) is 5.81. The van der Waals surface area contributed by atoms with Gasteiger partial charge in [0.05, 0.1) is 4.92 Å². The minimum Gasteiger partial charge on any atom is -0.349 e. The van der Waals surface area contributed by atoms with E-state index in [4.69, 9.17) is 12.2 Å². The van der Waals surface area contributed by atoms with Crippen molar-refractivity contribution in [3.63, 3.8) is 0 Å². The topological polar surface area (TPSA) is 75.5 Å². The van der Waals surface area contributed by atoms with Crippen LogP contribution in [0.5, 0.6) is 0 Å². The van der Waals surface area contributed by atoms with Gasteiger partial charge in [0.1, 0.15) is 0 Å². The second-order valence-electron chi connectivity index (χ2n) is 5.65. The summed E-state index contributed by atoms with van der Waals surface area (Å²) in [6, 6.07) is 6.09. The summed E-state index contributed by atoms with van der Waals surface area (Å²) in [5.41, 5.74) is 0.581. The van der Waals surface area contributed by atoms with Gasteiger partial charge in [0.15, 0.2) is 5.11 Å². The summed E-state index contributed by atoms with van der Waals surface area (Å²) in [7, 11) is 0. The second-order valence-corrected chi connectivity index (χ2v) is 6.04. The first-order valence-electron chi connectivity index (χ1n) is 7.48. The zero-order chi connectivity index (χ0) is 16.8. The van der Waals surface area contributed by atoms with E-state index in [1.165, 1.54) is 24.3 Å². The Morgan fingerprint density at radius 2 is 2.13 bits per heavy atom. The number of carbonyl (C=O) groups is 1. The Labute approximate surface area is 140 Å². The van der Waals surface area contributed by atoms with Crippen LogP contribution in [0.4, 0.5) is 5.69 Å². The summed E-state index contributed by atoms with van der Waals surface area (Å²) in [5, 5.41) is 13.8. The first kappa shape index (κ1) is 17.1. The number of thiocarbonyl (C=S) groups is 1. The van der Waals surface area contributed by atoms with Gasteiger partial charge < -0.3 is 4.90 Å². The fraction of sp³-hybridized carbons (Fsp3) is 0.375. The van der Waals surface area contributed by atoms with E-state index in [1.807, 2.05) is 4.90 Å². The van der Waals surface area contributed by atoms with Crippen LogP contribution in [0.1, 0.15) is 25.3 Å². The predicted molar refractivity (Wildman–Crippen MR) is 92.8 cm³/mol. The zero-order valence-corrected chi connectivity index (χ0v) is 13.7. The van der Waals surface area contributed by atoms with Crippen LogP contribution < -0.4 is 5.32 Å². The maximum absolute atomic E-state index is 11.9. The van der Waals surface area contributed by atoms with E-state index in [1.54, 1.807) is 12.1 Å². The summed E-state index contributed by atoms with van der Waals surface area (Å²) in [4.78, 5) is 24.1. The molecule has 122 valence electrons. The molecule has 1 saturated heterocycles. The molecule has 1 fully saturated rings. The third-order valence-corrected chi connectivity index (χ3v) is 4.17. The Morgan fingerprint density at radius 1 is 1.43 bits per heavy atom. The van der Waals surface area contributed by atoms with Crippen molar-refractivity contribution in [1.29, 1.82) is 0 Å². The Morgan fingerprint density at radius 3 is 2.78 bits per heavy atom. The van der Waals surface area contributed by atoms with Gasteiger partial charge in [-0.25, -0.2) is 0 Å². The van der Waals surface area contributed by atoms with Gasteiger partial charge in [-0.05, 0) is 42.6 Å². The van der Waals surface area contributed by atoms with Gasteiger partial charge in [-0.15, -0.1) is 0 Å². The lowest BCUT2D eigenvalue weighted by molar-refractivity contribution is -0.384. The second kappa shape index (κ2) is 7.82. The van der Waals surface area contributed by atoms with Gasteiger partial charge in [-0.2, -0.15) is 0 Å². The van der Waals surface area contributed by atoms with Crippen LogP contribution in [0.15, 0.2) is 30.3 Å². The van der Waals surface area contributed by atoms with E-state index in [0.29, 0.717) is 16.6 Å². The van der Waals surface area contributed by atoms with Crippen LogP contribution in [0.25, 0.3) is 6.08 Å². The maximum Gasteiger partial charge on any atom is 0.270 e. The molecule has 1 aromatic rings. The molecule has 0 atom stereocenters. The standard InChI is InChI=1S/C16H19N3O3S/c1-12-7-9-18(10-8-12)16(23)17-15(20)6-5-13-3-2-4-14(11-13)19(21)22/h2-6,11-12H,7-10H2,1H3,(H,17,20,23)/b6-5+. The molecule has 1 N–H and O–H groups in total. The van der Waals surface area contributed by atoms with E-state index in [2.05, 4.69) is 12.2 Å². The van der Waals surface area contributed by atoms with Crippen molar-refractivity contribution in [2.75, 3.05) is 13.1 Å². The van der Waals surface area contributed by atoms with Crippen LogP contribution in [-0.4, -0.2) is 33.9 Å². The van der Waals surface area contributed by atoms with Crippen LogP contribution in [-0.2, 0) is 4.79 Å². The average molecular weight is 333 g/mol. The molecule has 0 unspecified atom stereocenters. The zero-order valence-electron chi connectivity index (χ0n) is 12.9. The molecule has 1 heterocycles. The molecule has 7 heteroatoms. The maximum atomic E-state index is 11.9. The number of nitrogens with one attached hydrogen (secondary N) is 1. The molecule has 0 spiro atoms. The molecule has 1 amide bonds.